The molecule has 16 nitrogen and oxygen atoms in total. The minimum atomic E-state index is -3.41. The molecule has 1 aromatic heterocycles. The molecule has 1 aliphatic heterocycles. The van der Waals surface area contributed by atoms with Crippen molar-refractivity contribution in [2.45, 2.75) is 121 Å². The normalized spacial score (nSPS) is 19.5. The highest BCUT2D eigenvalue weighted by Crippen LogP contribution is 2.44. The SMILES string of the molecule is C[C@@H]([C@H](N=[N+]=[N-])C(=O)N[C@H](C(=O)OCc1ccccc1)[C@H]1O[C@@H](n2ccc(=O)[nH]c2=O)[C@H](O)[C@@H]1O)[C@H](O[Si](c1ccccc1)(c1ccccc1)C(C)(C)C)c1ccc(O[Si](C)(C)C(C)(C)C)cc1. The van der Waals surface area contributed by atoms with E-state index < -0.39 is 93.4 Å². The van der Waals surface area contributed by atoms with E-state index in [0.29, 0.717) is 16.9 Å². The van der Waals surface area contributed by atoms with Gasteiger partial charge in [0.25, 0.3) is 13.9 Å². The fourth-order valence-corrected chi connectivity index (χ4v) is 14.1. The highest BCUT2D eigenvalue weighted by molar-refractivity contribution is 6.99. The molecule has 1 aliphatic rings. The van der Waals surface area contributed by atoms with Gasteiger partial charge in [-0.15, -0.1) is 0 Å². The first-order valence-electron chi connectivity index (χ1n) is 22.6. The Bertz CT molecular complexity index is 2630. The summed E-state index contributed by atoms with van der Waals surface area (Å²) in [5, 5.41) is 30.7. The predicted molar refractivity (Wildman–Crippen MR) is 263 cm³/mol. The molecule has 4 aromatic carbocycles. The number of ether oxygens (including phenoxy) is 2. The maximum atomic E-state index is 15.0. The summed E-state index contributed by atoms with van der Waals surface area (Å²) in [6.07, 6.45) is -6.87. The summed E-state index contributed by atoms with van der Waals surface area (Å²) in [7, 11) is -5.66. The first kappa shape index (κ1) is 51.3. The molecular weight excluding hydrogens is 901 g/mol. The molecule has 18 heteroatoms. The van der Waals surface area contributed by atoms with Gasteiger partial charge in [0.1, 0.15) is 36.7 Å². The van der Waals surface area contributed by atoms with E-state index in [1.54, 1.807) is 37.3 Å². The number of amides is 1. The molecular formula is C50H62N6O10Si2. The Morgan fingerprint density at radius 2 is 1.40 bits per heavy atom. The highest BCUT2D eigenvalue weighted by atomic mass is 28.4. The summed E-state index contributed by atoms with van der Waals surface area (Å²) >= 11 is 0. The van der Waals surface area contributed by atoms with Crippen LogP contribution in [0.1, 0.15) is 71.9 Å². The van der Waals surface area contributed by atoms with Gasteiger partial charge in [0.15, 0.2) is 12.3 Å². The van der Waals surface area contributed by atoms with Crippen LogP contribution < -0.4 is 31.4 Å². The second-order valence-electron chi connectivity index (χ2n) is 19.7. The first-order valence-corrected chi connectivity index (χ1v) is 27.4. The lowest BCUT2D eigenvalue weighted by Crippen LogP contribution is -2.67. The van der Waals surface area contributed by atoms with Gasteiger partial charge in [0.05, 0.1) is 6.10 Å². The van der Waals surface area contributed by atoms with E-state index in [1.165, 1.54) is 0 Å². The van der Waals surface area contributed by atoms with Gasteiger partial charge in [-0.25, -0.2) is 9.59 Å². The molecule has 1 amide bonds. The Balaban J connectivity index is 1.44. The molecule has 0 spiro atoms. The number of nitrogens with one attached hydrogen (secondary N) is 2. The van der Waals surface area contributed by atoms with Crippen LogP contribution in [0.2, 0.25) is 23.2 Å². The zero-order chi connectivity index (χ0) is 49.6. The van der Waals surface area contributed by atoms with Crippen LogP contribution >= 0.6 is 0 Å². The van der Waals surface area contributed by atoms with E-state index in [0.717, 1.165) is 27.2 Å². The molecule has 8 atom stereocenters. The molecule has 0 radical (unpaired) electrons. The Morgan fingerprint density at radius 3 is 1.91 bits per heavy atom. The Kier molecular flexibility index (Phi) is 15.9. The Labute approximate surface area is 398 Å². The number of aromatic nitrogens is 2. The van der Waals surface area contributed by atoms with Crippen molar-refractivity contribution in [3.8, 4) is 5.75 Å². The standard InChI is InChI=1S/C50H62N6O10Si2/c1-32(39(54-55-51)45(60)53-40(47(61)63-31-33-19-13-10-14-20-33)44-41(58)42(59)46(64-44)56-30-29-38(57)52-48(56)62)43(34-25-27-35(28-26-34)65-67(8,9)49(2,3)4)66-68(50(5,6)7,36-21-15-11-16-22-36)37-23-17-12-18-24-37/h10-30,32,39-44,46,58-59H,31H2,1-9H3,(H,53,60)(H,52,57,62)/t32-,39-,40-,41-,42+,43-,44+,46+/m0/s1. The number of nitrogens with zero attached hydrogens (tertiary/aromatic N) is 4. The molecule has 1 saturated heterocycles. The van der Waals surface area contributed by atoms with Gasteiger partial charge in [-0.05, 0) is 62.3 Å². The van der Waals surface area contributed by atoms with Crippen molar-refractivity contribution >= 4 is 38.9 Å². The zero-order valence-corrected chi connectivity index (χ0v) is 41.9. The maximum absolute atomic E-state index is 15.0. The third-order valence-electron chi connectivity index (χ3n) is 13.0. The van der Waals surface area contributed by atoms with E-state index in [2.05, 4.69) is 75.0 Å². The summed E-state index contributed by atoms with van der Waals surface area (Å²) in [5.74, 6) is -2.29. The van der Waals surface area contributed by atoms with Crippen molar-refractivity contribution in [1.29, 1.82) is 0 Å². The monoisotopic (exact) mass is 962 g/mol. The molecule has 2 heterocycles. The minimum absolute atomic E-state index is 0.0743. The molecule has 6 rings (SSSR count). The van der Waals surface area contributed by atoms with Crippen LogP contribution in [0, 0.1) is 5.92 Å². The van der Waals surface area contributed by atoms with Gasteiger partial charge >= 0.3 is 11.7 Å². The lowest BCUT2D eigenvalue weighted by molar-refractivity contribution is -0.156. The number of benzene rings is 4. The van der Waals surface area contributed by atoms with E-state index in [4.69, 9.17) is 18.3 Å². The number of esters is 1. The van der Waals surface area contributed by atoms with Gasteiger partial charge in [-0.1, -0.05) is 157 Å². The van der Waals surface area contributed by atoms with Gasteiger partial charge in [0.2, 0.25) is 14.2 Å². The molecule has 4 N–H and O–H groups in total. The number of rotatable bonds is 17. The Morgan fingerprint density at radius 1 is 0.838 bits per heavy atom. The average Bonchev–Trinajstić information content (AvgIpc) is 3.59. The number of azide groups is 1. The number of H-pyrrole nitrogens is 1. The number of hydrogen-bond acceptors (Lipinski definition) is 11. The third kappa shape index (κ3) is 11.1. The van der Waals surface area contributed by atoms with E-state index >= 15 is 0 Å². The predicted octanol–water partition coefficient (Wildman–Crippen LogP) is 6.40. The number of carbonyl (C=O) groups is 2. The van der Waals surface area contributed by atoms with Crippen molar-refractivity contribution in [1.82, 2.24) is 14.9 Å². The molecule has 0 unspecified atom stereocenters. The van der Waals surface area contributed by atoms with Crippen LogP contribution in [0.25, 0.3) is 10.4 Å². The van der Waals surface area contributed by atoms with Crippen LogP contribution in [0.4, 0.5) is 0 Å². The van der Waals surface area contributed by atoms with E-state index in [9.17, 15) is 34.9 Å². The fraction of sp³-hybridized carbons (Fsp3) is 0.400. The molecule has 5 aromatic rings. The largest absolute Gasteiger partial charge is 0.544 e. The van der Waals surface area contributed by atoms with Crippen LogP contribution in [-0.2, 0) is 30.1 Å². The third-order valence-corrected chi connectivity index (χ3v) is 22.4. The van der Waals surface area contributed by atoms with Crippen molar-refractivity contribution < 1.29 is 38.1 Å². The van der Waals surface area contributed by atoms with Crippen LogP contribution in [0.5, 0.6) is 5.75 Å². The van der Waals surface area contributed by atoms with Crippen LogP contribution in [0.15, 0.2) is 142 Å². The lowest BCUT2D eigenvalue weighted by Gasteiger charge is -2.46. The van der Waals surface area contributed by atoms with Crippen molar-refractivity contribution in [3.63, 3.8) is 0 Å². The van der Waals surface area contributed by atoms with Crippen LogP contribution in [-0.4, -0.2) is 78.7 Å². The number of aliphatic hydroxyl groups is 2. The maximum Gasteiger partial charge on any atom is 0.331 e. The Hall–Kier alpha value is -6.12. The molecule has 68 heavy (non-hydrogen) atoms. The average molecular weight is 963 g/mol. The fourth-order valence-electron chi connectivity index (χ4n) is 8.30. The van der Waals surface area contributed by atoms with Gasteiger partial charge in [-0.3, -0.25) is 19.1 Å². The molecule has 0 bridgehead atoms. The van der Waals surface area contributed by atoms with E-state index in [1.807, 2.05) is 84.9 Å². The summed E-state index contributed by atoms with van der Waals surface area (Å²) in [6, 6.07) is 33.8. The van der Waals surface area contributed by atoms with Gasteiger partial charge in [0, 0.05) is 23.1 Å². The number of aliphatic hydroxyl groups excluding tert-OH is 2. The minimum Gasteiger partial charge on any atom is -0.544 e. The van der Waals surface area contributed by atoms with Crippen LogP contribution in [0.3, 0.4) is 0 Å². The van der Waals surface area contributed by atoms with Crippen molar-refractivity contribution in [2.24, 2.45) is 11.0 Å². The van der Waals surface area contributed by atoms with Crippen molar-refractivity contribution in [3.05, 3.63) is 170 Å². The van der Waals surface area contributed by atoms with Crippen molar-refractivity contribution in [2.75, 3.05) is 0 Å². The first-order chi connectivity index (χ1) is 32.1. The molecule has 1 fully saturated rings. The number of hydrogen-bond donors (Lipinski definition) is 4. The topological polar surface area (TPSA) is 227 Å². The van der Waals surface area contributed by atoms with Gasteiger partial charge in [-0.2, -0.15) is 0 Å². The number of carbonyl (C=O) groups excluding carboxylic acids is 2. The second kappa shape index (κ2) is 21.0. The summed E-state index contributed by atoms with van der Waals surface area (Å²) in [4.78, 5) is 59.0. The zero-order valence-electron chi connectivity index (χ0n) is 39.9. The summed E-state index contributed by atoms with van der Waals surface area (Å²) in [5.41, 5.74) is 9.75. The smallest absolute Gasteiger partial charge is 0.331 e. The molecule has 360 valence electrons. The molecule has 0 aliphatic carbocycles. The lowest BCUT2D eigenvalue weighted by atomic mass is 9.90. The number of aromatic amines is 1. The van der Waals surface area contributed by atoms with E-state index in [-0.39, 0.29) is 11.6 Å². The summed E-state index contributed by atoms with van der Waals surface area (Å²) in [6.45, 7) is 18.6. The molecule has 0 saturated carbocycles. The van der Waals surface area contributed by atoms with Gasteiger partial charge < -0.3 is 33.9 Å². The summed E-state index contributed by atoms with van der Waals surface area (Å²) < 4.78 is 26.9. The quantitative estimate of drug-likeness (QED) is 0.0264. The highest BCUT2D eigenvalue weighted by Gasteiger charge is 2.54. The second-order valence-corrected chi connectivity index (χ2v) is 28.7.